The van der Waals surface area contributed by atoms with Gasteiger partial charge in [-0.2, -0.15) is 4.98 Å². The average Bonchev–Trinajstić information content (AvgIpc) is 2.51. The van der Waals surface area contributed by atoms with E-state index >= 15 is 0 Å². The van der Waals surface area contributed by atoms with E-state index in [1.165, 1.54) is 0 Å². The number of fused-ring (bicyclic) bond motifs is 1. The van der Waals surface area contributed by atoms with Crippen molar-refractivity contribution in [3.05, 3.63) is 36.4 Å². The maximum atomic E-state index is 11.9. The third-order valence-corrected chi connectivity index (χ3v) is 3.02. The van der Waals surface area contributed by atoms with Crippen LogP contribution in [0.15, 0.2) is 30.9 Å². The van der Waals surface area contributed by atoms with Crippen molar-refractivity contribution in [2.24, 2.45) is 5.92 Å². The molecule has 0 aliphatic carbocycles. The highest BCUT2D eigenvalue weighted by Crippen LogP contribution is 2.23. The van der Waals surface area contributed by atoms with Gasteiger partial charge in [-0.05, 0) is 25.0 Å². The Labute approximate surface area is 136 Å². The Morgan fingerprint density at radius 3 is 2.87 bits per heavy atom. The van der Waals surface area contributed by atoms with Crippen molar-refractivity contribution in [3.63, 3.8) is 0 Å². The molecule has 1 heterocycles. The Balaban J connectivity index is 2.32. The number of hydrogen-bond acceptors (Lipinski definition) is 5. The maximum Gasteiger partial charge on any atom is 0.412 e. The molecule has 0 unspecified atom stereocenters. The molecule has 0 radical (unpaired) electrons. The van der Waals surface area contributed by atoms with Crippen molar-refractivity contribution in [1.82, 2.24) is 9.97 Å². The van der Waals surface area contributed by atoms with E-state index in [0.29, 0.717) is 24.9 Å². The van der Waals surface area contributed by atoms with E-state index in [1.54, 1.807) is 6.08 Å². The zero-order chi connectivity index (χ0) is 16.8. The van der Waals surface area contributed by atoms with E-state index in [2.05, 4.69) is 27.2 Å². The largest absolute Gasteiger partial charge is 0.449 e. The first kappa shape index (κ1) is 16.7. The van der Waals surface area contributed by atoms with Gasteiger partial charge in [0.15, 0.2) is 0 Å². The van der Waals surface area contributed by atoms with Gasteiger partial charge in [-0.1, -0.05) is 31.6 Å². The number of aryl methyl sites for hydroxylation is 1. The molecule has 0 fully saturated rings. The molecule has 0 aliphatic rings. The Hall–Kier alpha value is -2.63. The molecule has 0 spiro atoms. The molecule has 0 aliphatic heterocycles. The number of aromatic nitrogens is 2. The van der Waals surface area contributed by atoms with Crippen LogP contribution in [0, 0.1) is 12.8 Å². The molecule has 0 bridgehead atoms. The number of anilines is 2. The molecule has 6 heteroatoms. The minimum absolute atomic E-state index is 0.273. The summed E-state index contributed by atoms with van der Waals surface area (Å²) < 4.78 is 5.16. The van der Waals surface area contributed by atoms with Crippen molar-refractivity contribution in [1.29, 1.82) is 0 Å². The fourth-order valence-electron chi connectivity index (χ4n) is 1.96. The molecule has 122 valence electrons. The molecule has 0 saturated heterocycles. The van der Waals surface area contributed by atoms with Gasteiger partial charge in [0.1, 0.15) is 5.82 Å². The Morgan fingerprint density at radius 1 is 1.39 bits per heavy atom. The molecule has 0 saturated carbocycles. The van der Waals surface area contributed by atoms with Crippen LogP contribution < -0.4 is 10.6 Å². The van der Waals surface area contributed by atoms with Gasteiger partial charge in [-0.3, -0.25) is 5.32 Å². The quantitative estimate of drug-likeness (QED) is 0.794. The summed E-state index contributed by atoms with van der Waals surface area (Å²) in [7, 11) is 0. The number of ether oxygens (including phenoxy) is 1. The van der Waals surface area contributed by atoms with Gasteiger partial charge in [0.2, 0.25) is 5.95 Å². The van der Waals surface area contributed by atoms with Gasteiger partial charge in [-0.25, -0.2) is 9.78 Å². The third kappa shape index (κ3) is 4.67. The first-order chi connectivity index (χ1) is 11.0. The zero-order valence-corrected chi connectivity index (χ0v) is 13.7. The van der Waals surface area contributed by atoms with E-state index in [-0.39, 0.29) is 5.92 Å². The van der Waals surface area contributed by atoms with Crippen LogP contribution in [0.4, 0.5) is 16.6 Å². The van der Waals surface area contributed by atoms with Crippen molar-refractivity contribution in [2.45, 2.75) is 20.8 Å². The molecular formula is C17H22N4O2. The minimum Gasteiger partial charge on any atom is -0.449 e. The molecule has 6 nitrogen and oxygen atoms in total. The molecule has 1 aromatic heterocycles. The van der Waals surface area contributed by atoms with Crippen LogP contribution in [0.25, 0.3) is 10.9 Å². The third-order valence-electron chi connectivity index (χ3n) is 3.02. The fraction of sp³-hybridized carbons (Fsp3) is 0.353. The molecule has 2 N–H and O–H groups in total. The summed E-state index contributed by atoms with van der Waals surface area (Å²) in [5.74, 6) is 1.13. The van der Waals surface area contributed by atoms with E-state index < -0.39 is 6.09 Å². The van der Waals surface area contributed by atoms with Crippen LogP contribution >= 0.6 is 0 Å². The summed E-state index contributed by atoms with van der Waals surface area (Å²) in [5, 5.41) is 6.51. The topological polar surface area (TPSA) is 76.1 Å². The molecular weight excluding hydrogens is 292 g/mol. The van der Waals surface area contributed by atoms with Crippen molar-refractivity contribution >= 4 is 28.8 Å². The number of amides is 1. The number of benzene rings is 1. The van der Waals surface area contributed by atoms with Crippen LogP contribution in [0.3, 0.4) is 0 Å². The number of nitrogens with one attached hydrogen (secondary N) is 2. The lowest BCUT2D eigenvalue weighted by molar-refractivity contribution is 0.147. The average molecular weight is 314 g/mol. The molecule has 1 aromatic carbocycles. The molecule has 1 amide bonds. The van der Waals surface area contributed by atoms with Gasteiger partial charge in [-0.15, -0.1) is 6.58 Å². The molecule has 2 rings (SSSR count). The second-order valence-electron chi connectivity index (χ2n) is 5.70. The van der Waals surface area contributed by atoms with Gasteiger partial charge in [0.05, 0.1) is 12.1 Å². The lowest BCUT2D eigenvalue weighted by Gasteiger charge is -2.12. The highest BCUT2D eigenvalue weighted by molar-refractivity contribution is 5.97. The summed E-state index contributed by atoms with van der Waals surface area (Å²) >= 11 is 0. The lowest BCUT2D eigenvalue weighted by Crippen LogP contribution is -2.18. The van der Waals surface area contributed by atoms with Crippen LogP contribution in [0.1, 0.15) is 19.4 Å². The van der Waals surface area contributed by atoms with Gasteiger partial charge in [0.25, 0.3) is 0 Å². The second-order valence-corrected chi connectivity index (χ2v) is 5.70. The van der Waals surface area contributed by atoms with Crippen molar-refractivity contribution < 1.29 is 9.53 Å². The number of hydrogen-bond donors (Lipinski definition) is 2. The summed E-state index contributed by atoms with van der Waals surface area (Å²) in [5.41, 5.74) is 1.81. The maximum absolute atomic E-state index is 11.9. The summed E-state index contributed by atoms with van der Waals surface area (Å²) in [6.45, 7) is 10.5. The Morgan fingerprint density at radius 2 is 2.17 bits per heavy atom. The summed E-state index contributed by atoms with van der Waals surface area (Å²) in [6.07, 6.45) is 1.20. The minimum atomic E-state index is -0.519. The smallest absolute Gasteiger partial charge is 0.412 e. The highest BCUT2D eigenvalue weighted by Gasteiger charge is 2.12. The molecule has 2 aromatic rings. The standard InChI is InChI=1S/C17H22N4O2/c1-5-8-18-16-19-14-7-6-12(4)9-13(14)15(20-16)21-17(22)23-10-11(2)3/h5-7,9,11H,1,8,10H2,2-4H3,(H2,18,19,20,21,22). The van der Waals surface area contributed by atoms with Gasteiger partial charge >= 0.3 is 6.09 Å². The summed E-state index contributed by atoms with van der Waals surface area (Å²) in [6, 6.07) is 5.80. The first-order valence-electron chi connectivity index (χ1n) is 7.56. The van der Waals surface area contributed by atoms with Gasteiger partial charge < -0.3 is 10.1 Å². The van der Waals surface area contributed by atoms with E-state index in [4.69, 9.17) is 4.74 Å². The van der Waals surface area contributed by atoms with Crippen molar-refractivity contribution in [3.8, 4) is 0 Å². The van der Waals surface area contributed by atoms with Crippen LogP contribution in [-0.4, -0.2) is 29.2 Å². The van der Waals surface area contributed by atoms with Crippen LogP contribution in [0.5, 0.6) is 0 Å². The van der Waals surface area contributed by atoms with Gasteiger partial charge in [0, 0.05) is 11.9 Å². The number of carbonyl (C=O) groups excluding carboxylic acids is 1. The number of nitrogens with zero attached hydrogens (tertiary/aromatic N) is 2. The zero-order valence-electron chi connectivity index (χ0n) is 13.7. The predicted octanol–water partition coefficient (Wildman–Crippen LogP) is 3.74. The monoisotopic (exact) mass is 314 g/mol. The number of rotatable bonds is 6. The second kappa shape index (κ2) is 7.58. The molecule has 23 heavy (non-hydrogen) atoms. The highest BCUT2D eigenvalue weighted by atomic mass is 16.5. The van der Waals surface area contributed by atoms with Crippen LogP contribution in [-0.2, 0) is 4.74 Å². The van der Waals surface area contributed by atoms with E-state index in [9.17, 15) is 4.79 Å². The van der Waals surface area contributed by atoms with E-state index in [1.807, 2.05) is 39.0 Å². The van der Waals surface area contributed by atoms with Crippen molar-refractivity contribution in [2.75, 3.05) is 23.8 Å². The first-order valence-corrected chi connectivity index (χ1v) is 7.56. The molecule has 0 atom stereocenters. The lowest BCUT2D eigenvalue weighted by atomic mass is 10.1. The normalized spacial score (nSPS) is 10.6. The summed E-state index contributed by atoms with van der Waals surface area (Å²) in [4.78, 5) is 20.7. The number of carbonyl (C=O) groups is 1. The predicted molar refractivity (Wildman–Crippen MR) is 92.8 cm³/mol. The SMILES string of the molecule is C=CCNc1nc(NC(=O)OCC(C)C)c2cc(C)ccc2n1. The Bertz CT molecular complexity index is 713. The van der Waals surface area contributed by atoms with Crippen LogP contribution in [0.2, 0.25) is 0 Å². The fourth-order valence-corrected chi connectivity index (χ4v) is 1.96. The van der Waals surface area contributed by atoms with E-state index in [0.717, 1.165) is 16.5 Å². The Kier molecular flexibility index (Phi) is 5.51.